The highest BCUT2D eigenvalue weighted by atomic mass is 16.5. The highest BCUT2D eigenvalue weighted by molar-refractivity contribution is 5.94. The van der Waals surface area contributed by atoms with Crippen LogP contribution in [0.1, 0.15) is 38.1 Å². The molecule has 0 aliphatic heterocycles. The number of carbonyl (C=O) groups is 2. The molecule has 1 amide bonds. The topological polar surface area (TPSA) is 79.2 Å². The molecular formula is C16H20N2O3. The third-order valence-electron chi connectivity index (χ3n) is 3.40. The molecular weight excluding hydrogens is 268 g/mol. The van der Waals surface area contributed by atoms with Gasteiger partial charge in [0, 0.05) is 5.56 Å². The first-order valence-electron chi connectivity index (χ1n) is 6.74. The minimum Gasteiger partial charge on any atom is -0.484 e. The summed E-state index contributed by atoms with van der Waals surface area (Å²) < 4.78 is 5.36. The summed E-state index contributed by atoms with van der Waals surface area (Å²) >= 11 is 0. The highest BCUT2D eigenvalue weighted by Gasteiger charge is 2.29. The van der Waals surface area contributed by atoms with E-state index in [2.05, 4.69) is 11.4 Å². The Labute approximate surface area is 124 Å². The van der Waals surface area contributed by atoms with E-state index in [4.69, 9.17) is 10.00 Å². The van der Waals surface area contributed by atoms with Crippen molar-refractivity contribution in [1.29, 1.82) is 5.26 Å². The molecule has 5 nitrogen and oxygen atoms in total. The number of benzene rings is 1. The summed E-state index contributed by atoms with van der Waals surface area (Å²) in [4.78, 5) is 23.1. The Morgan fingerprint density at radius 1 is 1.43 bits per heavy atom. The number of nitrogens with zero attached hydrogens (tertiary/aromatic N) is 1. The van der Waals surface area contributed by atoms with E-state index in [0.717, 1.165) is 0 Å². The lowest BCUT2D eigenvalue weighted by atomic mass is 9.90. The van der Waals surface area contributed by atoms with Gasteiger partial charge in [0.1, 0.15) is 11.3 Å². The molecule has 1 atom stereocenters. The maximum absolute atomic E-state index is 11.9. The molecule has 0 radical (unpaired) electrons. The summed E-state index contributed by atoms with van der Waals surface area (Å²) in [5.41, 5.74) is -0.404. The third-order valence-corrected chi connectivity index (χ3v) is 3.40. The van der Waals surface area contributed by atoms with Crippen LogP contribution in [0.2, 0.25) is 0 Å². The Balaban J connectivity index is 2.64. The molecule has 5 heteroatoms. The molecule has 0 saturated carbocycles. The zero-order valence-corrected chi connectivity index (χ0v) is 12.8. The van der Waals surface area contributed by atoms with Gasteiger partial charge in [-0.15, -0.1) is 0 Å². The highest BCUT2D eigenvalue weighted by Crippen LogP contribution is 2.16. The number of Topliss-reactive ketones (excluding diaryl/α,β-unsaturated/α-hetero) is 1. The SMILES string of the molecule is CC(=O)c1cccc(OCC(=O)NC(C)(C#N)C(C)C)c1. The standard InChI is InChI=1S/C16H20N2O3/c1-11(2)16(4,10-17)18-15(20)9-21-14-7-5-6-13(8-14)12(3)19/h5-8,11H,9H2,1-4H3,(H,18,20). The summed E-state index contributed by atoms with van der Waals surface area (Å²) in [5, 5.41) is 11.8. The lowest BCUT2D eigenvalue weighted by molar-refractivity contribution is -0.124. The van der Waals surface area contributed by atoms with Crippen LogP contribution in [0.4, 0.5) is 0 Å². The fourth-order valence-electron chi connectivity index (χ4n) is 1.58. The van der Waals surface area contributed by atoms with Crippen molar-refractivity contribution in [2.75, 3.05) is 6.61 Å². The lowest BCUT2D eigenvalue weighted by Crippen LogP contribution is -2.50. The van der Waals surface area contributed by atoms with Gasteiger partial charge in [-0.3, -0.25) is 9.59 Å². The average Bonchev–Trinajstić information content (AvgIpc) is 2.45. The van der Waals surface area contributed by atoms with Gasteiger partial charge in [-0.2, -0.15) is 5.26 Å². The van der Waals surface area contributed by atoms with E-state index in [0.29, 0.717) is 11.3 Å². The zero-order chi connectivity index (χ0) is 16.0. The normalized spacial score (nSPS) is 13.1. The van der Waals surface area contributed by atoms with Crippen molar-refractivity contribution < 1.29 is 14.3 Å². The van der Waals surface area contributed by atoms with Crippen molar-refractivity contribution in [3.63, 3.8) is 0 Å². The smallest absolute Gasteiger partial charge is 0.259 e. The second-order valence-electron chi connectivity index (χ2n) is 5.39. The molecule has 1 rings (SSSR count). The first-order valence-corrected chi connectivity index (χ1v) is 6.74. The van der Waals surface area contributed by atoms with Crippen LogP contribution in [-0.4, -0.2) is 23.8 Å². The van der Waals surface area contributed by atoms with E-state index in [1.165, 1.54) is 6.92 Å². The maximum Gasteiger partial charge on any atom is 0.259 e. The van der Waals surface area contributed by atoms with Gasteiger partial charge in [-0.05, 0) is 31.9 Å². The van der Waals surface area contributed by atoms with E-state index >= 15 is 0 Å². The first-order chi connectivity index (χ1) is 9.78. The third kappa shape index (κ3) is 4.60. The van der Waals surface area contributed by atoms with Crippen LogP contribution in [0.5, 0.6) is 5.75 Å². The molecule has 112 valence electrons. The lowest BCUT2D eigenvalue weighted by Gasteiger charge is -2.27. The summed E-state index contributed by atoms with van der Waals surface area (Å²) in [6, 6.07) is 8.73. The average molecular weight is 288 g/mol. The fraction of sp³-hybridized carbons (Fsp3) is 0.438. The van der Waals surface area contributed by atoms with Gasteiger partial charge in [-0.25, -0.2) is 0 Å². The molecule has 0 aromatic heterocycles. The number of ketones is 1. The Morgan fingerprint density at radius 2 is 2.10 bits per heavy atom. The van der Waals surface area contributed by atoms with Gasteiger partial charge in [-0.1, -0.05) is 26.0 Å². The molecule has 0 heterocycles. The number of amides is 1. The largest absolute Gasteiger partial charge is 0.484 e. The van der Waals surface area contributed by atoms with Crippen LogP contribution >= 0.6 is 0 Å². The number of rotatable bonds is 6. The summed E-state index contributed by atoms with van der Waals surface area (Å²) in [6.07, 6.45) is 0. The number of nitrogens with one attached hydrogen (secondary N) is 1. The Bertz CT molecular complexity index is 575. The van der Waals surface area contributed by atoms with Crippen LogP contribution in [0.3, 0.4) is 0 Å². The van der Waals surface area contributed by atoms with Gasteiger partial charge in [0.05, 0.1) is 6.07 Å². The summed E-state index contributed by atoms with van der Waals surface area (Å²) in [7, 11) is 0. The van der Waals surface area contributed by atoms with Gasteiger partial charge in [0.25, 0.3) is 5.91 Å². The predicted molar refractivity (Wildman–Crippen MR) is 78.9 cm³/mol. The van der Waals surface area contributed by atoms with Crippen molar-refractivity contribution in [3.05, 3.63) is 29.8 Å². The molecule has 1 unspecified atom stereocenters. The maximum atomic E-state index is 11.9. The van der Waals surface area contributed by atoms with Crippen molar-refractivity contribution >= 4 is 11.7 Å². The minimum absolute atomic E-state index is 0.0208. The number of ether oxygens (including phenoxy) is 1. The van der Waals surface area contributed by atoms with Gasteiger partial charge in [0.15, 0.2) is 12.4 Å². The zero-order valence-electron chi connectivity index (χ0n) is 12.8. The van der Waals surface area contributed by atoms with E-state index in [1.54, 1.807) is 31.2 Å². The van der Waals surface area contributed by atoms with Gasteiger partial charge >= 0.3 is 0 Å². The van der Waals surface area contributed by atoms with Crippen molar-refractivity contribution in [2.24, 2.45) is 5.92 Å². The molecule has 0 fully saturated rings. The second-order valence-corrected chi connectivity index (χ2v) is 5.39. The van der Waals surface area contributed by atoms with Crippen molar-refractivity contribution in [1.82, 2.24) is 5.32 Å². The van der Waals surface area contributed by atoms with Gasteiger partial charge < -0.3 is 10.1 Å². The molecule has 0 bridgehead atoms. The molecule has 1 N–H and O–H groups in total. The van der Waals surface area contributed by atoms with E-state index < -0.39 is 5.54 Å². The molecule has 0 saturated heterocycles. The Morgan fingerprint density at radius 3 is 2.62 bits per heavy atom. The fourth-order valence-corrected chi connectivity index (χ4v) is 1.58. The molecule has 0 spiro atoms. The molecule has 0 aliphatic carbocycles. The molecule has 0 aliphatic rings. The summed E-state index contributed by atoms with van der Waals surface area (Å²) in [5.74, 6) is -0.0173. The molecule has 1 aromatic carbocycles. The van der Waals surface area contributed by atoms with Crippen LogP contribution in [-0.2, 0) is 4.79 Å². The van der Waals surface area contributed by atoms with E-state index in [9.17, 15) is 9.59 Å². The van der Waals surface area contributed by atoms with Crippen molar-refractivity contribution in [3.8, 4) is 11.8 Å². The Kier molecular flexibility index (Phi) is 5.48. The summed E-state index contributed by atoms with van der Waals surface area (Å²) in [6.45, 7) is 6.66. The number of hydrogen-bond acceptors (Lipinski definition) is 4. The van der Waals surface area contributed by atoms with E-state index in [1.807, 2.05) is 13.8 Å². The monoisotopic (exact) mass is 288 g/mol. The van der Waals surface area contributed by atoms with E-state index in [-0.39, 0.29) is 24.2 Å². The molecule has 1 aromatic rings. The Hall–Kier alpha value is -2.35. The first kappa shape index (κ1) is 16.7. The van der Waals surface area contributed by atoms with Crippen molar-refractivity contribution in [2.45, 2.75) is 33.2 Å². The minimum atomic E-state index is -0.929. The van der Waals surface area contributed by atoms with Crippen LogP contribution in [0.25, 0.3) is 0 Å². The molecule has 21 heavy (non-hydrogen) atoms. The van der Waals surface area contributed by atoms with Gasteiger partial charge in [0.2, 0.25) is 0 Å². The number of carbonyl (C=O) groups excluding carboxylic acids is 2. The van der Waals surface area contributed by atoms with Crippen LogP contribution < -0.4 is 10.1 Å². The predicted octanol–water partition coefficient (Wildman–Crippen LogP) is 2.32. The quantitative estimate of drug-likeness (QED) is 0.815. The number of nitriles is 1. The van der Waals surface area contributed by atoms with Crippen LogP contribution in [0.15, 0.2) is 24.3 Å². The number of hydrogen-bond donors (Lipinski definition) is 1. The second kappa shape index (κ2) is 6.89. The van der Waals surface area contributed by atoms with Crippen LogP contribution in [0, 0.1) is 17.2 Å².